The summed E-state index contributed by atoms with van der Waals surface area (Å²) in [7, 11) is 0. The highest BCUT2D eigenvalue weighted by molar-refractivity contribution is 7.09. The van der Waals surface area contributed by atoms with Crippen LogP contribution in [0.2, 0.25) is 0 Å². The molecule has 1 amide bonds. The van der Waals surface area contributed by atoms with Gasteiger partial charge in [0.05, 0.1) is 28.2 Å². The smallest absolute Gasteiger partial charge is 0.294 e. The summed E-state index contributed by atoms with van der Waals surface area (Å²) in [5.41, 5.74) is 4.61. The van der Waals surface area contributed by atoms with Crippen molar-refractivity contribution in [2.24, 2.45) is 5.84 Å². The summed E-state index contributed by atoms with van der Waals surface area (Å²) in [6, 6.07) is 4.18. The van der Waals surface area contributed by atoms with Gasteiger partial charge in [-0.25, -0.2) is 4.98 Å². The second kappa shape index (κ2) is 6.29. The number of hydrogen-bond donors (Lipinski definition) is 3. The van der Waals surface area contributed by atoms with E-state index in [-0.39, 0.29) is 16.9 Å². The number of nitrogen functional groups attached to an aromatic ring is 1. The van der Waals surface area contributed by atoms with E-state index in [4.69, 9.17) is 5.84 Å². The fraction of sp³-hybridized carbons (Fsp3) is 0.167. The number of aryl methyl sites for hydroxylation is 1. The van der Waals surface area contributed by atoms with Crippen LogP contribution in [0, 0.1) is 17.0 Å². The number of aromatic nitrogens is 1. The molecule has 1 heterocycles. The molecule has 0 unspecified atom stereocenters. The van der Waals surface area contributed by atoms with Crippen LogP contribution in [-0.4, -0.2) is 15.8 Å². The number of nitro groups is 1. The van der Waals surface area contributed by atoms with Crippen LogP contribution in [0.15, 0.2) is 23.7 Å². The number of hydrogen-bond acceptors (Lipinski definition) is 7. The number of benzene rings is 1. The largest absolute Gasteiger partial charge is 0.347 e. The Morgan fingerprint density at radius 3 is 2.86 bits per heavy atom. The lowest BCUT2D eigenvalue weighted by Gasteiger charge is -2.09. The van der Waals surface area contributed by atoms with Gasteiger partial charge in [0.15, 0.2) is 0 Å². The molecule has 1 aromatic heterocycles. The normalized spacial score (nSPS) is 10.2. The lowest BCUT2D eigenvalue weighted by Crippen LogP contribution is -2.25. The average molecular weight is 307 g/mol. The number of carbonyl (C=O) groups is 1. The molecule has 0 saturated heterocycles. The molecule has 0 aliphatic heterocycles. The number of nitrogens with zero attached hydrogens (tertiary/aromatic N) is 2. The van der Waals surface area contributed by atoms with Crippen LogP contribution < -0.4 is 16.6 Å². The van der Waals surface area contributed by atoms with Crippen molar-refractivity contribution in [3.8, 4) is 0 Å². The minimum absolute atomic E-state index is 0.0129. The third-order valence-electron chi connectivity index (χ3n) is 2.88. The molecule has 0 radical (unpaired) electrons. The van der Waals surface area contributed by atoms with Crippen LogP contribution in [0.4, 0.5) is 11.4 Å². The number of rotatable bonds is 5. The summed E-state index contributed by atoms with van der Waals surface area (Å²) in [4.78, 5) is 27.5. The van der Waals surface area contributed by atoms with Gasteiger partial charge in [0.25, 0.3) is 11.6 Å². The van der Waals surface area contributed by atoms with Crippen molar-refractivity contribution in [2.75, 3.05) is 5.43 Å². The molecule has 110 valence electrons. The van der Waals surface area contributed by atoms with Crippen molar-refractivity contribution in [3.63, 3.8) is 0 Å². The van der Waals surface area contributed by atoms with E-state index in [1.807, 2.05) is 6.92 Å². The second-order valence-corrected chi connectivity index (χ2v) is 5.08. The lowest BCUT2D eigenvalue weighted by molar-refractivity contribution is -0.384. The number of thiazole rings is 1. The third kappa shape index (κ3) is 3.15. The zero-order valence-corrected chi connectivity index (χ0v) is 11.9. The number of carbonyl (C=O) groups excluding carboxylic acids is 1. The SMILES string of the molecule is Cc1ncsc1CNC(=O)c1cccc([N+](=O)[O-])c1NN. The zero-order valence-electron chi connectivity index (χ0n) is 11.1. The molecular weight excluding hydrogens is 294 g/mol. The summed E-state index contributed by atoms with van der Waals surface area (Å²) in [6.45, 7) is 2.15. The minimum atomic E-state index is -0.598. The Morgan fingerprint density at radius 2 is 2.29 bits per heavy atom. The van der Waals surface area contributed by atoms with E-state index in [0.717, 1.165) is 10.6 Å². The van der Waals surface area contributed by atoms with Crippen molar-refractivity contribution in [3.05, 3.63) is 50.0 Å². The maximum absolute atomic E-state index is 12.2. The lowest BCUT2D eigenvalue weighted by atomic mass is 10.1. The van der Waals surface area contributed by atoms with Gasteiger partial charge in [-0.3, -0.25) is 20.8 Å². The standard InChI is InChI=1S/C12H13N5O3S/c1-7-10(21-6-15-7)5-14-12(18)8-3-2-4-9(17(19)20)11(8)16-13/h2-4,6,16H,5,13H2,1H3,(H,14,18). The zero-order chi connectivity index (χ0) is 15.4. The van der Waals surface area contributed by atoms with Gasteiger partial charge in [-0.15, -0.1) is 11.3 Å². The van der Waals surface area contributed by atoms with Gasteiger partial charge in [0.2, 0.25) is 0 Å². The fourth-order valence-electron chi connectivity index (χ4n) is 1.78. The first-order valence-corrected chi connectivity index (χ1v) is 6.83. The van der Waals surface area contributed by atoms with Crippen LogP contribution in [-0.2, 0) is 6.54 Å². The van der Waals surface area contributed by atoms with Crippen molar-refractivity contribution >= 4 is 28.6 Å². The quantitative estimate of drug-likeness (QED) is 0.438. The van der Waals surface area contributed by atoms with Gasteiger partial charge in [0, 0.05) is 10.9 Å². The number of nitro benzene ring substituents is 1. The Bertz CT molecular complexity index is 685. The Kier molecular flexibility index (Phi) is 4.45. The van der Waals surface area contributed by atoms with E-state index in [9.17, 15) is 14.9 Å². The van der Waals surface area contributed by atoms with Crippen molar-refractivity contribution in [1.82, 2.24) is 10.3 Å². The van der Waals surface area contributed by atoms with Crippen LogP contribution in [0.25, 0.3) is 0 Å². The van der Waals surface area contributed by atoms with Crippen LogP contribution in [0.5, 0.6) is 0 Å². The van der Waals surface area contributed by atoms with E-state index < -0.39 is 10.8 Å². The molecule has 4 N–H and O–H groups in total. The molecule has 0 fully saturated rings. The van der Waals surface area contributed by atoms with Crippen LogP contribution in [0.3, 0.4) is 0 Å². The first kappa shape index (κ1) is 14.9. The Morgan fingerprint density at radius 1 is 1.52 bits per heavy atom. The number of nitrogens with one attached hydrogen (secondary N) is 2. The second-order valence-electron chi connectivity index (χ2n) is 4.14. The number of hydrazine groups is 1. The molecule has 0 atom stereocenters. The van der Waals surface area contributed by atoms with E-state index in [1.54, 1.807) is 5.51 Å². The van der Waals surface area contributed by atoms with Crippen LogP contribution >= 0.6 is 11.3 Å². The molecule has 9 heteroatoms. The van der Waals surface area contributed by atoms with Crippen molar-refractivity contribution in [2.45, 2.75) is 13.5 Å². The topological polar surface area (TPSA) is 123 Å². The molecule has 2 aromatic rings. The summed E-state index contributed by atoms with van der Waals surface area (Å²) in [6.07, 6.45) is 0. The monoisotopic (exact) mass is 307 g/mol. The third-order valence-corrected chi connectivity index (χ3v) is 3.82. The average Bonchev–Trinajstić information content (AvgIpc) is 2.89. The molecule has 21 heavy (non-hydrogen) atoms. The molecule has 0 saturated carbocycles. The maximum Gasteiger partial charge on any atom is 0.294 e. The van der Waals surface area contributed by atoms with Crippen molar-refractivity contribution < 1.29 is 9.72 Å². The van der Waals surface area contributed by atoms with E-state index >= 15 is 0 Å². The predicted octanol–water partition coefficient (Wildman–Crippen LogP) is 1.58. The summed E-state index contributed by atoms with van der Waals surface area (Å²) >= 11 is 1.43. The first-order valence-electron chi connectivity index (χ1n) is 5.95. The fourth-order valence-corrected chi connectivity index (χ4v) is 2.50. The van der Waals surface area contributed by atoms with E-state index in [0.29, 0.717) is 6.54 Å². The Balaban J connectivity index is 2.21. The van der Waals surface area contributed by atoms with Crippen molar-refractivity contribution in [1.29, 1.82) is 0 Å². The maximum atomic E-state index is 12.2. The molecule has 8 nitrogen and oxygen atoms in total. The summed E-state index contributed by atoms with van der Waals surface area (Å²) in [5.74, 6) is 4.85. The van der Waals surface area contributed by atoms with Gasteiger partial charge in [0.1, 0.15) is 5.69 Å². The summed E-state index contributed by atoms with van der Waals surface area (Å²) in [5, 5.41) is 13.6. The highest BCUT2D eigenvalue weighted by Gasteiger charge is 2.20. The molecule has 2 rings (SSSR count). The van der Waals surface area contributed by atoms with Crippen LogP contribution in [0.1, 0.15) is 20.9 Å². The van der Waals surface area contributed by atoms with Gasteiger partial charge in [-0.05, 0) is 13.0 Å². The highest BCUT2D eigenvalue weighted by Crippen LogP contribution is 2.27. The van der Waals surface area contributed by atoms with Gasteiger partial charge in [-0.1, -0.05) is 6.07 Å². The number of anilines is 1. The van der Waals surface area contributed by atoms with Gasteiger partial charge >= 0.3 is 0 Å². The molecular formula is C12H13N5O3S. The molecule has 0 aliphatic carbocycles. The van der Waals surface area contributed by atoms with Gasteiger partial charge < -0.3 is 10.7 Å². The minimum Gasteiger partial charge on any atom is -0.347 e. The Hall–Kier alpha value is -2.52. The van der Waals surface area contributed by atoms with Gasteiger partial charge in [-0.2, -0.15) is 0 Å². The number of amides is 1. The highest BCUT2D eigenvalue weighted by atomic mass is 32.1. The predicted molar refractivity (Wildman–Crippen MR) is 78.9 cm³/mol. The first-order chi connectivity index (χ1) is 10.0. The molecule has 0 spiro atoms. The number of nitrogens with two attached hydrogens (primary N) is 1. The Labute approximate surface area is 124 Å². The molecule has 0 aliphatic rings. The molecule has 1 aromatic carbocycles. The van der Waals surface area contributed by atoms with E-state index in [2.05, 4.69) is 15.7 Å². The number of para-hydroxylation sites is 1. The summed E-state index contributed by atoms with van der Waals surface area (Å²) < 4.78 is 0. The van der Waals surface area contributed by atoms with E-state index in [1.165, 1.54) is 29.5 Å². The molecule has 0 bridgehead atoms.